The third-order valence-corrected chi connectivity index (χ3v) is 2.87. The van der Waals surface area contributed by atoms with E-state index in [-0.39, 0.29) is 0 Å². The van der Waals surface area contributed by atoms with E-state index < -0.39 is 0 Å². The van der Waals surface area contributed by atoms with Gasteiger partial charge in [-0.05, 0) is 31.3 Å². The van der Waals surface area contributed by atoms with E-state index in [4.69, 9.17) is 0 Å². The van der Waals surface area contributed by atoms with Crippen LogP contribution >= 0.6 is 0 Å². The first-order chi connectivity index (χ1) is 6.53. The summed E-state index contributed by atoms with van der Waals surface area (Å²) in [5.74, 6) is 0. The fraction of sp³-hybridized carbons (Fsp3) is 1.00. The van der Waals surface area contributed by atoms with E-state index in [2.05, 4.69) is 37.9 Å². The monoisotopic (exact) mass is 198 g/mol. The number of hydrogen-bond acceptors (Lipinski definition) is 2. The summed E-state index contributed by atoms with van der Waals surface area (Å²) in [6.07, 6.45) is 2.71. The number of rotatable bonds is 3. The topological polar surface area (TPSA) is 15.3 Å². The fourth-order valence-corrected chi connectivity index (χ4v) is 2.25. The largest absolute Gasteiger partial charge is 0.315 e. The van der Waals surface area contributed by atoms with Crippen LogP contribution in [0.4, 0.5) is 0 Å². The molecule has 0 aromatic carbocycles. The van der Waals surface area contributed by atoms with Crippen LogP contribution in [0.5, 0.6) is 0 Å². The second-order valence-electron chi connectivity index (χ2n) is 5.62. The zero-order valence-electron chi connectivity index (χ0n) is 10.3. The molecule has 0 aromatic heterocycles. The number of nitrogens with one attached hydrogen (secondary N) is 1. The van der Waals surface area contributed by atoms with Crippen LogP contribution in [0.1, 0.15) is 40.5 Å². The lowest BCUT2D eigenvalue weighted by Crippen LogP contribution is -2.48. The van der Waals surface area contributed by atoms with Gasteiger partial charge in [-0.15, -0.1) is 0 Å². The van der Waals surface area contributed by atoms with Crippen molar-refractivity contribution < 1.29 is 0 Å². The molecule has 0 amide bonds. The number of piperidine rings is 1. The lowest BCUT2D eigenvalue weighted by Gasteiger charge is -2.37. The highest BCUT2D eigenvalue weighted by Gasteiger charge is 2.23. The summed E-state index contributed by atoms with van der Waals surface area (Å²) in [4.78, 5) is 2.63. The molecule has 0 aromatic rings. The molecule has 1 aliphatic heterocycles. The molecule has 1 aliphatic rings. The average Bonchev–Trinajstić information content (AvgIpc) is 2.14. The van der Waals surface area contributed by atoms with Crippen molar-refractivity contribution in [3.05, 3.63) is 0 Å². The predicted molar refractivity (Wildman–Crippen MR) is 62.6 cm³/mol. The van der Waals surface area contributed by atoms with Crippen LogP contribution in [0.3, 0.4) is 0 Å². The van der Waals surface area contributed by atoms with Gasteiger partial charge >= 0.3 is 0 Å². The fourth-order valence-electron chi connectivity index (χ4n) is 2.25. The Morgan fingerprint density at radius 3 is 2.50 bits per heavy atom. The Kier molecular flexibility index (Phi) is 4.39. The molecule has 1 rings (SSSR count). The zero-order valence-corrected chi connectivity index (χ0v) is 10.3. The summed E-state index contributed by atoms with van der Waals surface area (Å²) >= 11 is 0. The molecule has 2 nitrogen and oxygen atoms in total. The maximum absolute atomic E-state index is 3.49. The number of hydrogen-bond donors (Lipinski definition) is 1. The van der Waals surface area contributed by atoms with Crippen molar-refractivity contribution in [3.63, 3.8) is 0 Å². The molecule has 1 unspecified atom stereocenters. The zero-order chi connectivity index (χ0) is 10.6. The molecule has 1 saturated heterocycles. The Morgan fingerprint density at radius 1 is 1.36 bits per heavy atom. The summed E-state index contributed by atoms with van der Waals surface area (Å²) in [7, 11) is 0. The van der Waals surface area contributed by atoms with Crippen molar-refractivity contribution in [2.24, 2.45) is 5.41 Å². The molecule has 1 N–H and O–H groups in total. The van der Waals surface area contributed by atoms with Crippen molar-refractivity contribution >= 4 is 0 Å². The van der Waals surface area contributed by atoms with E-state index in [0.29, 0.717) is 5.41 Å². The summed E-state index contributed by atoms with van der Waals surface area (Å²) in [6.45, 7) is 14.1. The Bertz CT molecular complexity index is 154. The van der Waals surface area contributed by atoms with E-state index in [9.17, 15) is 0 Å². The van der Waals surface area contributed by atoms with Gasteiger partial charge in [-0.25, -0.2) is 0 Å². The molecule has 84 valence electrons. The smallest absolute Gasteiger partial charge is 0.0221 e. The van der Waals surface area contributed by atoms with Gasteiger partial charge in [0.2, 0.25) is 0 Å². The van der Waals surface area contributed by atoms with Crippen LogP contribution in [-0.2, 0) is 0 Å². The van der Waals surface area contributed by atoms with Crippen LogP contribution in [0, 0.1) is 5.41 Å². The van der Waals surface area contributed by atoms with Crippen molar-refractivity contribution in [2.75, 3.05) is 26.2 Å². The molecule has 0 aliphatic carbocycles. The van der Waals surface area contributed by atoms with Crippen molar-refractivity contribution in [2.45, 2.75) is 46.6 Å². The molecule has 14 heavy (non-hydrogen) atoms. The molecule has 0 radical (unpaired) electrons. The quantitative estimate of drug-likeness (QED) is 0.747. The molecule has 1 atom stereocenters. The summed E-state index contributed by atoms with van der Waals surface area (Å²) in [5, 5.41) is 3.49. The summed E-state index contributed by atoms with van der Waals surface area (Å²) < 4.78 is 0. The molecule has 1 fully saturated rings. The SMILES string of the molecule is CCN(CC(C)(C)C)C1CCCNC1. The Balaban J connectivity index is 2.43. The van der Waals surface area contributed by atoms with Gasteiger partial charge < -0.3 is 5.32 Å². The lowest BCUT2D eigenvalue weighted by molar-refractivity contribution is 0.125. The van der Waals surface area contributed by atoms with E-state index in [1.54, 1.807) is 0 Å². The molecular formula is C12H26N2. The van der Waals surface area contributed by atoms with Gasteiger partial charge in [0.1, 0.15) is 0 Å². The second-order valence-corrected chi connectivity index (χ2v) is 5.62. The van der Waals surface area contributed by atoms with Crippen LogP contribution < -0.4 is 5.32 Å². The minimum Gasteiger partial charge on any atom is -0.315 e. The standard InChI is InChI=1S/C12H26N2/c1-5-14(10-12(2,3)4)11-7-6-8-13-9-11/h11,13H,5-10H2,1-4H3. The molecule has 0 saturated carbocycles. The van der Waals surface area contributed by atoms with Gasteiger partial charge in [0.25, 0.3) is 0 Å². The first-order valence-electron chi connectivity index (χ1n) is 5.97. The predicted octanol–water partition coefficient (Wildman–Crippen LogP) is 2.11. The van der Waals surface area contributed by atoms with Gasteiger partial charge in [-0.2, -0.15) is 0 Å². The van der Waals surface area contributed by atoms with E-state index >= 15 is 0 Å². The van der Waals surface area contributed by atoms with Crippen molar-refractivity contribution in [3.8, 4) is 0 Å². The summed E-state index contributed by atoms with van der Waals surface area (Å²) in [5.41, 5.74) is 0.424. The first kappa shape index (κ1) is 12.0. The van der Waals surface area contributed by atoms with E-state index in [1.165, 1.54) is 39.0 Å². The Labute approximate surface area is 89.1 Å². The second kappa shape index (κ2) is 5.13. The van der Waals surface area contributed by atoms with Crippen molar-refractivity contribution in [1.29, 1.82) is 0 Å². The first-order valence-corrected chi connectivity index (χ1v) is 5.97. The van der Waals surface area contributed by atoms with Crippen LogP contribution in [0.15, 0.2) is 0 Å². The van der Waals surface area contributed by atoms with Gasteiger partial charge in [0.15, 0.2) is 0 Å². The highest BCUT2D eigenvalue weighted by molar-refractivity contribution is 4.80. The Morgan fingerprint density at radius 2 is 2.07 bits per heavy atom. The van der Waals surface area contributed by atoms with Gasteiger partial charge in [0.05, 0.1) is 0 Å². The van der Waals surface area contributed by atoms with Gasteiger partial charge in [-0.3, -0.25) is 4.90 Å². The average molecular weight is 198 g/mol. The highest BCUT2D eigenvalue weighted by Crippen LogP contribution is 2.19. The maximum Gasteiger partial charge on any atom is 0.0221 e. The molecular weight excluding hydrogens is 172 g/mol. The van der Waals surface area contributed by atoms with Crippen molar-refractivity contribution in [1.82, 2.24) is 10.2 Å². The van der Waals surface area contributed by atoms with E-state index in [1.807, 2.05) is 0 Å². The molecule has 1 heterocycles. The number of likely N-dealkylation sites (N-methyl/N-ethyl adjacent to an activating group) is 1. The van der Waals surface area contributed by atoms with Gasteiger partial charge in [0, 0.05) is 19.1 Å². The number of nitrogens with zero attached hydrogens (tertiary/aromatic N) is 1. The normalized spacial score (nSPS) is 24.2. The van der Waals surface area contributed by atoms with Crippen LogP contribution in [-0.4, -0.2) is 37.1 Å². The minimum absolute atomic E-state index is 0.424. The van der Waals surface area contributed by atoms with Crippen LogP contribution in [0.2, 0.25) is 0 Å². The lowest BCUT2D eigenvalue weighted by atomic mass is 9.94. The minimum atomic E-state index is 0.424. The maximum atomic E-state index is 3.49. The highest BCUT2D eigenvalue weighted by atomic mass is 15.2. The van der Waals surface area contributed by atoms with Crippen LogP contribution in [0.25, 0.3) is 0 Å². The van der Waals surface area contributed by atoms with Gasteiger partial charge in [-0.1, -0.05) is 27.7 Å². The molecule has 0 bridgehead atoms. The Hall–Kier alpha value is -0.0800. The third-order valence-electron chi connectivity index (χ3n) is 2.87. The van der Waals surface area contributed by atoms with E-state index in [0.717, 1.165) is 6.04 Å². The molecule has 2 heteroatoms. The summed E-state index contributed by atoms with van der Waals surface area (Å²) in [6, 6.07) is 0.771. The third kappa shape index (κ3) is 3.97. The molecule has 0 spiro atoms.